The van der Waals surface area contributed by atoms with Crippen molar-refractivity contribution in [3.05, 3.63) is 35.4 Å². The van der Waals surface area contributed by atoms with Crippen LogP contribution in [0.5, 0.6) is 34.5 Å². The highest BCUT2D eigenvalue weighted by Crippen LogP contribution is 2.48. The van der Waals surface area contributed by atoms with Crippen LogP contribution in [0.1, 0.15) is 101 Å². The lowest BCUT2D eigenvalue weighted by molar-refractivity contribution is 0.0434. The average molecular weight is 545 g/mol. The Morgan fingerprint density at radius 2 is 0.974 bits per heavy atom. The van der Waals surface area contributed by atoms with Gasteiger partial charge in [0, 0.05) is 0 Å². The molecular formula is C32H48O7. The van der Waals surface area contributed by atoms with Crippen LogP contribution in [0.15, 0.2) is 24.3 Å². The maximum absolute atomic E-state index is 6.60. The number of ether oxygens (including phenoxy) is 7. The third kappa shape index (κ3) is 8.34. The Morgan fingerprint density at radius 1 is 0.564 bits per heavy atom. The van der Waals surface area contributed by atoms with Crippen molar-refractivity contribution in [3.63, 3.8) is 0 Å². The minimum Gasteiger partial charge on any atom is -0.493 e. The molecule has 2 aromatic carbocycles. The van der Waals surface area contributed by atoms with E-state index < -0.39 is 0 Å². The van der Waals surface area contributed by atoms with Crippen molar-refractivity contribution in [1.82, 2.24) is 0 Å². The SMILES string of the molecule is CCCCCCOc1cc([C@H]2CC[C@H](c3cc(OC)c(OC)c(OC)c3)O2)cc(OCCCCCC)c1OC. The molecule has 2 aromatic rings. The molecule has 0 bridgehead atoms. The highest BCUT2D eigenvalue weighted by atomic mass is 16.5. The minimum absolute atomic E-state index is 0.0927. The highest BCUT2D eigenvalue weighted by Gasteiger charge is 2.31. The van der Waals surface area contributed by atoms with Crippen molar-refractivity contribution in [2.45, 2.75) is 90.3 Å². The Balaban J connectivity index is 1.82. The van der Waals surface area contributed by atoms with Gasteiger partial charge in [0.2, 0.25) is 11.5 Å². The summed E-state index contributed by atoms with van der Waals surface area (Å²) in [6, 6.07) is 8.06. The van der Waals surface area contributed by atoms with Crippen LogP contribution < -0.4 is 28.4 Å². The molecule has 218 valence electrons. The molecule has 3 rings (SSSR count). The summed E-state index contributed by atoms with van der Waals surface area (Å²) in [5, 5.41) is 0. The van der Waals surface area contributed by atoms with E-state index in [9.17, 15) is 0 Å². The van der Waals surface area contributed by atoms with Crippen LogP contribution in [0.4, 0.5) is 0 Å². The van der Waals surface area contributed by atoms with Gasteiger partial charge in [-0.25, -0.2) is 0 Å². The molecule has 0 N–H and O–H groups in total. The molecular weight excluding hydrogens is 496 g/mol. The van der Waals surface area contributed by atoms with Crippen LogP contribution in [-0.4, -0.2) is 41.7 Å². The standard InChI is InChI=1S/C32H48O7/c1-7-9-11-13-17-37-29-21-24(22-30(32(29)36-6)38-18-14-12-10-8-2)26-16-15-25(39-26)23-19-27(33-3)31(35-5)28(20-23)34-4/h19-22,25-26H,7-18H2,1-6H3/t25-,26-/m1/s1. The van der Waals surface area contributed by atoms with Crippen LogP contribution in [0.2, 0.25) is 0 Å². The summed E-state index contributed by atoms with van der Waals surface area (Å²) in [4.78, 5) is 0. The van der Waals surface area contributed by atoms with E-state index in [0.717, 1.165) is 61.2 Å². The van der Waals surface area contributed by atoms with Crippen LogP contribution >= 0.6 is 0 Å². The lowest BCUT2D eigenvalue weighted by Crippen LogP contribution is -2.06. The zero-order valence-electron chi connectivity index (χ0n) is 24.8. The van der Waals surface area contributed by atoms with Gasteiger partial charge in [0.15, 0.2) is 23.0 Å². The first-order valence-corrected chi connectivity index (χ1v) is 14.5. The normalized spacial score (nSPS) is 16.7. The number of unbranched alkanes of at least 4 members (excludes halogenated alkanes) is 6. The van der Waals surface area contributed by atoms with Gasteiger partial charge < -0.3 is 33.2 Å². The van der Waals surface area contributed by atoms with Crippen LogP contribution in [0.3, 0.4) is 0 Å². The number of rotatable bonds is 18. The summed E-state index contributed by atoms with van der Waals surface area (Å²) in [6.07, 6.45) is 10.7. The van der Waals surface area contributed by atoms with Crippen molar-refractivity contribution in [1.29, 1.82) is 0 Å². The predicted octanol–water partition coefficient (Wildman–Crippen LogP) is 8.23. The lowest BCUT2D eigenvalue weighted by atomic mass is 10.0. The van der Waals surface area contributed by atoms with Crippen molar-refractivity contribution in [2.24, 2.45) is 0 Å². The Hall–Kier alpha value is -2.80. The molecule has 0 aliphatic carbocycles. The van der Waals surface area contributed by atoms with Gasteiger partial charge in [0.1, 0.15) is 0 Å². The fourth-order valence-corrected chi connectivity index (χ4v) is 5.04. The number of hydrogen-bond donors (Lipinski definition) is 0. The van der Waals surface area contributed by atoms with Crippen molar-refractivity contribution >= 4 is 0 Å². The van der Waals surface area contributed by atoms with Crippen LogP contribution in [0.25, 0.3) is 0 Å². The van der Waals surface area contributed by atoms with Crippen molar-refractivity contribution < 1.29 is 33.2 Å². The van der Waals surface area contributed by atoms with Gasteiger partial charge in [-0.05, 0) is 61.1 Å². The Bertz CT molecular complexity index is 946. The van der Waals surface area contributed by atoms with E-state index in [4.69, 9.17) is 33.2 Å². The van der Waals surface area contributed by atoms with Gasteiger partial charge in [-0.15, -0.1) is 0 Å². The summed E-state index contributed by atoms with van der Waals surface area (Å²) < 4.78 is 41.5. The van der Waals surface area contributed by atoms with Gasteiger partial charge in [-0.2, -0.15) is 0 Å². The van der Waals surface area contributed by atoms with Gasteiger partial charge in [0.25, 0.3) is 0 Å². The monoisotopic (exact) mass is 544 g/mol. The molecule has 0 unspecified atom stereocenters. The number of benzene rings is 2. The van der Waals surface area contributed by atoms with E-state index in [1.54, 1.807) is 28.4 Å². The third-order valence-corrected chi connectivity index (χ3v) is 7.21. The predicted molar refractivity (Wildman–Crippen MR) is 154 cm³/mol. The van der Waals surface area contributed by atoms with E-state index >= 15 is 0 Å². The number of methoxy groups -OCH3 is 4. The highest BCUT2D eigenvalue weighted by molar-refractivity contribution is 5.55. The molecule has 7 heteroatoms. The summed E-state index contributed by atoms with van der Waals surface area (Å²) in [6.45, 7) is 5.72. The Kier molecular flexibility index (Phi) is 12.9. The first kappa shape index (κ1) is 30.7. The van der Waals surface area contributed by atoms with E-state index in [-0.39, 0.29) is 12.2 Å². The quantitative estimate of drug-likeness (QED) is 0.175. The third-order valence-electron chi connectivity index (χ3n) is 7.21. The second kappa shape index (κ2) is 16.3. The molecule has 1 heterocycles. The average Bonchev–Trinajstić information content (AvgIpc) is 3.46. The van der Waals surface area contributed by atoms with Crippen LogP contribution in [0, 0.1) is 0 Å². The molecule has 0 radical (unpaired) electrons. The van der Waals surface area contributed by atoms with E-state index in [1.807, 2.05) is 12.1 Å². The minimum atomic E-state index is -0.0948. The number of hydrogen-bond acceptors (Lipinski definition) is 7. The maximum atomic E-state index is 6.60. The van der Waals surface area contributed by atoms with Gasteiger partial charge in [-0.3, -0.25) is 0 Å². The fourth-order valence-electron chi connectivity index (χ4n) is 5.04. The van der Waals surface area contributed by atoms with Gasteiger partial charge in [-0.1, -0.05) is 52.4 Å². The molecule has 0 amide bonds. The van der Waals surface area contributed by atoms with E-state index in [2.05, 4.69) is 26.0 Å². The molecule has 0 spiro atoms. The second-order valence-corrected chi connectivity index (χ2v) is 10.0. The van der Waals surface area contributed by atoms with Gasteiger partial charge in [0.05, 0.1) is 53.9 Å². The summed E-state index contributed by atoms with van der Waals surface area (Å²) >= 11 is 0. The molecule has 1 saturated heterocycles. The Morgan fingerprint density at radius 3 is 1.36 bits per heavy atom. The summed E-state index contributed by atoms with van der Waals surface area (Å²) in [5.41, 5.74) is 2.04. The van der Waals surface area contributed by atoms with Gasteiger partial charge >= 0.3 is 0 Å². The largest absolute Gasteiger partial charge is 0.493 e. The van der Waals surface area contributed by atoms with Crippen molar-refractivity contribution in [3.8, 4) is 34.5 Å². The Labute approximate surface area is 235 Å². The molecule has 7 nitrogen and oxygen atoms in total. The topological polar surface area (TPSA) is 64.6 Å². The maximum Gasteiger partial charge on any atom is 0.203 e. The first-order chi connectivity index (χ1) is 19.1. The molecule has 1 aliphatic heterocycles. The lowest BCUT2D eigenvalue weighted by Gasteiger charge is -2.21. The summed E-state index contributed by atoms with van der Waals surface area (Å²) in [7, 11) is 6.54. The molecule has 0 saturated carbocycles. The fraction of sp³-hybridized carbons (Fsp3) is 0.625. The zero-order valence-corrected chi connectivity index (χ0v) is 24.8. The second-order valence-electron chi connectivity index (χ2n) is 10.0. The molecule has 39 heavy (non-hydrogen) atoms. The first-order valence-electron chi connectivity index (χ1n) is 14.5. The molecule has 2 atom stereocenters. The molecule has 0 aromatic heterocycles. The van der Waals surface area contributed by atoms with Crippen molar-refractivity contribution in [2.75, 3.05) is 41.7 Å². The smallest absolute Gasteiger partial charge is 0.203 e. The molecule has 1 aliphatic rings. The zero-order chi connectivity index (χ0) is 28.0. The van der Waals surface area contributed by atoms with E-state index in [0.29, 0.717) is 36.2 Å². The van der Waals surface area contributed by atoms with E-state index in [1.165, 1.54) is 25.7 Å². The molecule has 1 fully saturated rings. The van der Waals surface area contributed by atoms with Crippen LogP contribution in [-0.2, 0) is 4.74 Å². The summed E-state index contributed by atoms with van der Waals surface area (Å²) in [5.74, 6) is 3.92.